The van der Waals surface area contributed by atoms with Gasteiger partial charge in [-0.15, -0.1) is 0 Å². The Morgan fingerprint density at radius 2 is 1.95 bits per heavy atom. The van der Waals surface area contributed by atoms with E-state index in [1.54, 1.807) is 18.3 Å². The first-order valence-corrected chi connectivity index (χ1v) is 7.00. The predicted octanol–water partition coefficient (Wildman–Crippen LogP) is 4.05. The van der Waals surface area contributed by atoms with Crippen LogP contribution in [0.5, 0.6) is 0 Å². The first kappa shape index (κ1) is 13.7. The van der Waals surface area contributed by atoms with Gasteiger partial charge in [-0.3, -0.25) is 4.79 Å². The van der Waals surface area contributed by atoms with Gasteiger partial charge in [0.2, 0.25) is 0 Å². The summed E-state index contributed by atoms with van der Waals surface area (Å²) in [5.74, 6) is -0.198. The second kappa shape index (κ2) is 6.48. The van der Waals surface area contributed by atoms with Crippen molar-refractivity contribution < 1.29 is 4.79 Å². The summed E-state index contributed by atoms with van der Waals surface area (Å²) in [6.45, 7) is 2.15. The van der Waals surface area contributed by atoms with Crippen LogP contribution < -0.4 is 5.32 Å². The van der Waals surface area contributed by atoms with Crippen LogP contribution in [-0.4, -0.2) is 10.9 Å². The van der Waals surface area contributed by atoms with Crippen LogP contribution in [0.15, 0.2) is 47.1 Å². The number of rotatable bonds is 4. The normalized spacial score (nSPS) is 10.2. The van der Waals surface area contributed by atoms with Crippen molar-refractivity contribution in [3.63, 3.8) is 0 Å². The Morgan fingerprint density at radius 3 is 2.53 bits per heavy atom. The van der Waals surface area contributed by atoms with Crippen molar-refractivity contribution in [2.45, 2.75) is 19.8 Å². The Hall–Kier alpha value is -1.68. The fraction of sp³-hybridized carbons (Fsp3) is 0.200. The summed E-state index contributed by atoms with van der Waals surface area (Å²) in [5, 5.41) is 2.83. The van der Waals surface area contributed by atoms with E-state index >= 15 is 0 Å². The second-order valence-corrected chi connectivity index (χ2v) is 5.18. The van der Waals surface area contributed by atoms with Gasteiger partial charge in [-0.2, -0.15) is 0 Å². The number of benzene rings is 1. The SMILES string of the molecule is CCCc1ccc(NC(=O)c2ccc(Br)cn2)cc1. The molecule has 0 aliphatic rings. The van der Waals surface area contributed by atoms with Crippen molar-refractivity contribution in [1.82, 2.24) is 4.98 Å². The monoisotopic (exact) mass is 318 g/mol. The lowest BCUT2D eigenvalue weighted by Crippen LogP contribution is -2.13. The summed E-state index contributed by atoms with van der Waals surface area (Å²) in [5.41, 5.74) is 2.47. The zero-order valence-corrected chi connectivity index (χ0v) is 12.3. The molecule has 1 amide bonds. The molecule has 1 heterocycles. The molecule has 1 aromatic carbocycles. The molecule has 0 bridgehead atoms. The average Bonchev–Trinajstić information content (AvgIpc) is 2.42. The number of hydrogen-bond donors (Lipinski definition) is 1. The molecule has 0 atom stereocenters. The zero-order valence-electron chi connectivity index (χ0n) is 10.7. The van der Waals surface area contributed by atoms with Crippen molar-refractivity contribution >= 4 is 27.5 Å². The molecule has 0 spiro atoms. The van der Waals surface area contributed by atoms with Crippen molar-refractivity contribution in [2.24, 2.45) is 0 Å². The number of aromatic nitrogens is 1. The highest BCUT2D eigenvalue weighted by atomic mass is 79.9. The molecule has 0 unspecified atom stereocenters. The maximum absolute atomic E-state index is 11.9. The van der Waals surface area contributed by atoms with E-state index in [0.717, 1.165) is 23.0 Å². The molecule has 1 N–H and O–H groups in total. The summed E-state index contributed by atoms with van der Waals surface area (Å²) in [7, 11) is 0. The Labute approximate surface area is 121 Å². The summed E-state index contributed by atoms with van der Waals surface area (Å²) in [6.07, 6.45) is 3.79. The van der Waals surface area contributed by atoms with Crippen LogP contribution >= 0.6 is 15.9 Å². The lowest BCUT2D eigenvalue weighted by Gasteiger charge is -2.06. The Kier molecular flexibility index (Phi) is 4.68. The molecule has 98 valence electrons. The number of amides is 1. The summed E-state index contributed by atoms with van der Waals surface area (Å²) in [6, 6.07) is 11.4. The third kappa shape index (κ3) is 3.89. The minimum absolute atomic E-state index is 0.198. The number of nitrogens with zero attached hydrogens (tertiary/aromatic N) is 1. The fourth-order valence-electron chi connectivity index (χ4n) is 1.75. The van der Waals surface area contributed by atoms with Crippen LogP contribution in [0.1, 0.15) is 29.4 Å². The molecule has 0 radical (unpaired) electrons. The van der Waals surface area contributed by atoms with Crippen LogP contribution in [0, 0.1) is 0 Å². The Bertz CT molecular complexity index is 549. The van der Waals surface area contributed by atoms with Gasteiger partial charge in [0, 0.05) is 16.4 Å². The zero-order chi connectivity index (χ0) is 13.7. The maximum atomic E-state index is 11.9. The quantitative estimate of drug-likeness (QED) is 0.924. The fourth-order valence-corrected chi connectivity index (χ4v) is 1.98. The van der Waals surface area contributed by atoms with Crippen LogP contribution in [0.3, 0.4) is 0 Å². The standard InChI is InChI=1S/C15H15BrN2O/c1-2-3-11-4-7-13(8-5-11)18-15(19)14-9-6-12(16)10-17-14/h4-10H,2-3H2,1H3,(H,18,19). The molecule has 1 aromatic heterocycles. The molecule has 2 aromatic rings. The second-order valence-electron chi connectivity index (χ2n) is 4.26. The Balaban J connectivity index is 2.04. The highest BCUT2D eigenvalue weighted by Gasteiger charge is 2.07. The van der Waals surface area contributed by atoms with E-state index in [1.807, 2.05) is 24.3 Å². The van der Waals surface area contributed by atoms with Gasteiger partial charge in [0.05, 0.1) is 0 Å². The first-order valence-electron chi connectivity index (χ1n) is 6.21. The molecule has 2 rings (SSSR count). The Morgan fingerprint density at radius 1 is 1.21 bits per heavy atom. The van der Waals surface area contributed by atoms with Gasteiger partial charge >= 0.3 is 0 Å². The van der Waals surface area contributed by atoms with Gasteiger partial charge in [0.25, 0.3) is 5.91 Å². The summed E-state index contributed by atoms with van der Waals surface area (Å²) in [4.78, 5) is 16.0. The van der Waals surface area contributed by atoms with Gasteiger partial charge in [-0.05, 0) is 52.2 Å². The van der Waals surface area contributed by atoms with E-state index in [1.165, 1.54) is 5.56 Å². The molecule has 19 heavy (non-hydrogen) atoms. The molecular weight excluding hydrogens is 304 g/mol. The average molecular weight is 319 g/mol. The van der Waals surface area contributed by atoms with Crippen LogP contribution in [0.25, 0.3) is 0 Å². The summed E-state index contributed by atoms with van der Waals surface area (Å²) >= 11 is 3.29. The first-order chi connectivity index (χ1) is 9.19. The maximum Gasteiger partial charge on any atom is 0.274 e. The molecule has 0 aliphatic heterocycles. The van der Waals surface area contributed by atoms with E-state index in [4.69, 9.17) is 0 Å². The van der Waals surface area contributed by atoms with Gasteiger partial charge in [0.1, 0.15) is 5.69 Å². The van der Waals surface area contributed by atoms with E-state index in [0.29, 0.717) is 5.69 Å². The number of anilines is 1. The van der Waals surface area contributed by atoms with Crippen LogP contribution in [-0.2, 0) is 6.42 Å². The third-order valence-corrected chi connectivity index (χ3v) is 3.18. The van der Waals surface area contributed by atoms with Crippen molar-refractivity contribution in [3.05, 3.63) is 58.3 Å². The van der Waals surface area contributed by atoms with Crippen LogP contribution in [0.4, 0.5) is 5.69 Å². The summed E-state index contributed by atoms with van der Waals surface area (Å²) < 4.78 is 0.855. The number of pyridine rings is 1. The number of nitrogens with one attached hydrogen (secondary N) is 1. The minimum atomic E-state index is -0.198. The smallest absolute Gasteiger partial charge is 0.274 e. The molecule has 3 nitrogen and oxygen atoms in total. The van der Waals surface area contributed by atoms with Crippen molar-refractivity contribution in [3.8, 4) is 0 Å². The topological polar surface area (TPSA) is 42.0 Å². The van der Waals surface area contributed by atoms with Gasteiger partial charge in [0.15, 0.2) is 0 Å². The van der Waals surface area contributed by atoms with Crippen LogP contribution in [0.2, 0.25) is 0 Å². The third-order valence-electron chi connectivity index (χ3n) is 2.71. The number of hydrogen-bond acceptors (Lipinski definition) is 2. The van der Waals surface area contributed by atoms with E-state index in [9.17, 15) is 4.79 Å². The lowest BCUT2D eigenvalue weighted by molar-refractivity contribution is 0.102. The molecule has 4 heteroatoms. The van der Waals surface area contributed by atoms with Gasteiger partial charge < -0.3 is 5.32 Å². The molecule has 0 saturated carbocycles. The molecule has 0 fully saturated rings. The number of carbonyl (C=O) groups is 1. The number of carbonyl (C=O) groups excluding carboxylic acids is 1. The van der Waals surface area contributed by atoms with Crippen molar-refractivity contribution in [2.75, 3.05) is 5.32 Å². The number of halogens is 1. The molecular formula is C15H15BrN2O. The molecule has 0 aliphatic carbocycles. The van der Waals surface area contributed by atoms with Gasteiger partial charge in [-0.1, -0.05) is 25.5 Å². The predicted molar refractivity (Wildman–Crippen MR) is 80.3 cm³/mol. The number of aryl methyl sites for hydroxylation is 1. The lowest BCUT2D eigenvalue weighted by atomic mass is 10.1. The largest absolute Gasteiger partial charge is 0.321 e. The van der Waals surface area contributed by atoms with Gasteiger partial charge in [-0.25, -0.2) is 4.98 Å². The minimum Gasteiger partial charge on any atom is -0.321 e. The highest BCUT2D eigenvalue weighted by molar-refractivity contribution is 9.10. The van der Waals surface area contributed by atoms with E-state index in [-0.39, 0.29) is 5.91 Å². The molecule has 0 saturated heterocycles. The highest BCUT2D eigenvalue weighted by Crippen LogP contribution is 2.13. The van der Waals surface area contributed by atoms with Crippen molar-refractivity contribution in [1.29, 1.82) is 0 Å². The van der Waals surface area contributed by atoms with E-state index in [2.05, 4.69) is 33.2 Å². The van der Waals surface area contributed by atoms with E-state index < -0.39 is 0 Å².